The summed E-state index contributed by atoms with van der Waals surface area (Å²) in [6.45, 7) is 5.13. The minimum absolute atomic E-state index is 0.0537. The highest BCUT2D eigenvalue weighted by Gasteiger charge is 2.25. The molecule has 0 atom stereocenters. The van der Waals surface area contributed by atoms with Crippen molar-refractivity contribution in [2.45, 2.75) is 27.2 Å². The average molecular weight is 323 g/mol. The fourth-order valence-corrected chi connectivity index (χ4v) is 1.63. The van der Waals surface area contributed by atoms with Crippen molar-refractivity contribution in [3.63, 3.8) is 0 Å². The molecule has 1 amide bonds. The number of carbonyl (C=O) groups is 3. The molecule has 0 aliphatic carbocycles. The Kier molecular flexibility index (Phi) is 6.12. The highest BCUT2D eigenvalue weighted by atomic mass is 16.5. The largest absolute Gasteiger partial charge is 0.492 e. The van der Waals surface area contributed by atoms with Crippen molar-refractivity contribution < 1.29 is 29.0 Å². The Labute approximate surface area is 134 Å². The standard InChI is InChI=1S/C16H21NO6/c1-16(2,3)15(21)17-10-6-5-7-11(13(10)14(20)22-4)23-9-8-12(18)19/h5-7H,8-9H2,1-4H3,(H,17,21)(H,18,19). The molecule has 1 rings (SSSR count). The summed E-state index contributed by atoms with van der Waals surface area (Å²) >= 11 is 0. The summed E-state index contributed by atoms with van der Waals surface area (Å²) < 4.78 is 10.1. The van der Waals surface area contributed by atoms with E-state index in [1.807, 2.05) is 0 Å². The first kappa shape index (κ1) is 18.5. The maximum Gasteiger partial charge on any atom is 0.343 e. The van der Waals surface area contributed by atoms with Gasteiger partial charge in [-0.25, -0.2) is 4.79 Å². The first-order valence-corrected chi connectivity index (χ1v) is 7.04. The summed E-state index contributed by atoms with van der Waals surface area (Å²) in [6.07, 6.45) is -0.209. The number of esters is 1. The van der Waals surface area contributed by atoms with Crippen LogP contribution in [-0.4, -0.2) is 36.7 Å². The van der Waals surface area contributed by atoms with E-state index >= 15 is 0 Å². The molecule has 0 radical (unpaired) electrons. The van der Waals surface area contributed by atoms with E-state index in [9.17, 15) is 14.4 Å². The van der Waals surface area contributed by atoms with Gasteiger partial charge < -0.3 is 19.9 Å². The summed E-state index contributed by atoms with van der Waals surface area (Å²) in [5.74, 6) is -1.81. The molecule has 0 saturated heterocycles. The molecule has 0 spiro atoms. The minimum atomic E-state index is -1.01. The van der Waals surface area contributed by atoms with Gasteiger partial charge in [0.15, 0.2) is 0 Å². The highest BCUT2D eigenvalue weighted by Crippen LogP contribution is 2.29. The molecule has 23 heavy (non-hydrogen) atoms. The lowest BCUT2D eigenvalue weighted by Crippen LogP contribution is -2.28. The van der Waals surface area contributed by atoms with Crippen molar-refractivity contribution >= 4 is 23.5 Å². The molecular formula is C16H21NO6. The van der Waals surface area contributed by atoms with E-state index in [-0.39, 0.29) is 35.9 Å². The van der Waals surface area contributed by atoms with E-state index in [4.69, 9.17) is 14.6 Å². The van der Waals surface area contributed by atoms with Gasteiger partial charge in [-0.15, -0.1) is 0 Å². The van der Waals surface area contributed by atoms with E-state index in [2.05, 4.69) is 5.32 Å². The maximum atomic E-state index is 12.1. The minimum Gasteiger partial charge on any atom is -0.492 e. The van der Waals surface area contributed by atoms with Crippen molar-refractivity contribution in [1.29, 1.82) is 0 Å². The number of carbonyl (C=O) groups excluding carboxylic acids is 2. The van der Waals surface area contributed by atoms with Gasteiger partial charge in [-0.05, 0) is 12.1 Å². The molecule has 0 saturated carbocycles. The number of amides is 1. The molecular weight excluding hydrogens is 302 g/mol. The molecule has 7 nitrogen and oxygen atoms in total. The van der Waals surface area contributed by atoms with Crippen LogP contribution in [0, 0.1) is 5.41 Å². The van der Waals surface area contributed by atoms with E-state index in [1.165, 1.54) is 13.2 Å². The number of nitrogens with one attached hydrogen (secondary N) is 1. The molecule has 126 valence electrons. The number of ether oxygens (including phenoxy) is 2. The van der Waals surface area contributed by atoms with Crippen molar-refractivity contribution in [3.8, 4) is 5.75 Å². The number of hydrogen-bond acceptors (Lipinski definition) is 5. The lowest BCUT2D eigenvalue weighted by atomic mass is 9.95. The lowest BCUT2D eigenvalue weighted by molar-refractivity contribution is -0.137. The second kappa shape index (κ2) is 7.62. The number of aliphatic carboxylic acids is 1. The van der Waals surface area contributed by atoms with Gasteiger partial charge in [0.1, 0.15) is 11.3 Å². The van der Waals surface area contributed by atoms with Gasteiger partial charge in [-0.3, -0.25) is 9.59 Å². The second-order valence-corrected chi connectivity index (χ2v) is 5.87. The summed E-state index contributed by atoms with van der Waals surface area (Å²) in [6, 6.07) is 4.67. The van der Waals surface area contributed by atoms with Gasteiger partial charge in [0.2, 0.25) is 5.91 Å². The van der Waals surface area contributed by atoms with Crippen molar-refractivity contribution in [1.82, 2.24) is 0 Å². The smallest absolute Gasteiger partial charge is 0.343 e. The van der Waals surface area contributed by atoms with Crippen LogP contribution in [0.25, 0.3) is 0 Å². The zero-order valence-electron chi connectivity index (χ0n) is 13.6. The predicted octanol–water partition coefficient (Wildman–Crippen LogP) is 2.31. The topological polar surface area (TPSA) is 102 Å². The molecule has 0 aliphatic heterocycles. The molecule has 0 fully saturated rings. The van der Waals surface area contributed by atoms with Crippen molar-refractivity contribution in [3.05, 3.63) is 23.8 Å². The Morgan fingerprint density at radius 1 is 1.22 bits per heavy atom. The number of carboxylic acids is 1. The number of benzene rings is 1. The first-order chi connectivity index (χ1) is 10.7. The lowest BCUT2D eigenvalue weighted by Gasteiger charge is -2.20. The maximum absolute atomic E-state index is 12.1. The number of rotatable bonds is 6. The van der Waals surface area contributed by atoms with Gasteiger partial charge in [-0.1, -0.05) is 26.8 Å². The SMILES string of the molecule is COC(=O)c1c(NC(=O)C(C)(C)C)cccc1OCCC(=O)O. The highest BCUT2D eigenvalue weighted by molar-refractivity contribution is 6.04. The third-order valence-electron chi connectivity index (χ3n) is 2.92. The molecule has 0 bridgehead atoms. The summed E-state index contributed by atoms with van der Waals surface area (Å²) in [7, 11) is 1.21. The van der Waals surface area contributed by atoms with Crippen LogP contribution in [0.2, 0.25) is 0 Å². The van der Waals surface area contributed by atoms with E-state index < -0.39 is 17.4 Å². The van der Waals surface area contributed by atoms with E-state index in [0.717, 1.165) is 0 Å². The molecule has 0 unspecified atom stereocenters. The third-order valence-corrected chi connectivity index (χ3v) is 2.92. The molecule has 7 heteroatoms. The van der Waals surface area contributed by atoms with Crippen LogP contribution >= 0.6 is 0 Å². The van der Waals surface area contributed by atoms with E-state index in [1.54, 1.807) is 32.9 Å². The molecule has 1 aromatic rings. The van der Waals surface area contributed by atoms with Crippen LogP contribution in [0.1, 0.15) is 37.6 Å². The number of methoxy groups -OCH3 is 1. The summed E-state index contributed by atoms with van der Waals surface area (Å²) in [4.78, 5) is 34.7. The fourth-order valence-electron chi connectivity index (χ4n) is 1.63. The molecule has 0 aromatic heterocycles. The second-order valence-electron chi connectivity index (χ2n) is 5.87. The van der Waals surface area contributed by atoms with Crippen LogP contribution in [0.5, 0.6) is 5.75 Å². The van der Waals surface area contributed by atoms with Gasteiger partial charge in [-0.2, -0.15) is 0 Å². The number of carboxylic acid groups (broad SMARTS) is 1. The third kappa shape index (κ3) is 5.28. The van der Waals surface area contributed by atoms with Crippen LogP contribution < -0.4 is 10.1 Å². The van der Waals surface area contributed by atoms with Crippen LogP contribution in [-0.2, 0) is 14.3 Å². The van der Waals surface area contributed by atoms with Crippen molar-refractivity contribution in [2.75, 3.05) is 19.0 Å². The van der Waals surface area contributed by atoms with Gasteiger partial charge in [0, 0.05) is 5.41 Å². The predicted molar refractivity (Wildman–Crippen MR) is 83.6 cm³/mol. The van der Waals surface area contributed by atoms with E-state index in [0.29, 0.717) is 0 Å². The number of hydrogen-bond donors (Lipinski definition) is 2. The number of anilines is 1. The monoisotopic (exact) mass is 323 g/mol. The van der Waals surface area contributed by atoms with Crippen LogP contribution in [0.3, 0.4) is 0 Å². The summed E-state index contributed by atoms with van der Waals surface area (Å²) in [5.41, 5.74) is -0.337. The Hall–Kier alpha value is -2.57. The van der Waals surface area contributed by atoms with Crippen LogP contribution in [0.15, 0.2) is 18.2 Å². The Morgan fingerprint density at radius 3 is 2.39 bits per heavy atom. The molecule has 2 N–H and O–H groups in total. The molecule has 0 aliphatic rings. The van der Waals surface area contributed by atoms with Gasteiger partial charge >= 0.3 is 11.9 Å². The Morgan fingerprint density at radius 2 is 1.87 bits per heavy atom. The average Bonchev–Trinajstić information content (AvgIpc) is 2.45. The fraction of sp³-hybridized carbons (Fsp3) is 0.438. The quantitative estimate of drug-likeness (QED) is 0.779. The zero-order valence-corrected chi connectivity index (χ0v) is 13.6. The van der Waals surface area contributed by atoms with Crippen LogP contribution in [0.4, 0.5) is 5.69 Å². The molecule has 1 aromatic carbocycles. The normalized spacial score (nSPS) is 10.8. The van der Waals surface area contributed by atoms with Gasteiger partial charge in [0.05, 0.1) is 25.8 Å². The first-order valence-electron chi connectivity index (χ1n) is 7.04. The Balaban J connectivity index is 3.12. The van der Waals surface area contributed by atoms with Crippen molar-refractivity contribution in [2.24, 2.45) is 5.41 Å². The van der Waals surface area contributed by atoms with Gasteiger partial charge in [0.25, 0.3) is 0 Å². The summed E-state index contributed by atoms with van der Waals surface area (Å²) in [5, 5.41) is 11.3. The zero-order chi connectivity index (χ0) is 17.6. The Bertz CT molecular complexity index is 603. The molecule has 0 heterocycles.